The number of hydrogen-bond donors (Lipinski definition) is 1. The lowest BCUT2D eigenvalue weighted by Gasteiger charge is -2.07. The van der Waals surface area contributed by atoms with Crippen molar-refractivity contribution in [1.29, 1.82) is 5.26 Å². The van der Waals surface area contributed by atoms with Crippen molar-refractivity contribution in [1.82, 2.24) is 0 Å². The van der Waals surface area contributed by atoms with E-state index in [0.717, 1.165) is 4.88 Å². The summed E-state index contributed by atoms with van der Waals surface area (Å²) in [4.78, 5) is 25.3. The highest BCUT2D eigenvalue weighted by Crippen LogP contribution is 2.28. The maximum absolute atomic E-state index is 13.7. The third-order valence-corrected chi connectivity index (χ3v) is 5.36. The van der Waals surface area contributed by atoms with Gasteiger partial charge in [-0.1, -0.05) is 30.3 Å². The molecule has 162 valence electrons. The Morgan fingerprint density at radius 2 is 1.91 bits per heavy atom. The number of methoxy groups -OCH3 is 1. The number of nitrogens with zero attached hydrogens (tertiary/aromatic N) is 1. The second-order valence-corrected chi connectivity index (χ2v) is 7.92. The Morgan fingerprint density at radius 1 is 1.19 bits per heavy atom. The quantitative estimate of drug-likeness (QED) is 0.307. The first-order valence-electron chi connectivity index (χ1n) is 9.49. The van der Waals surface area contributed by atoms with Crippen LogP contribution < -0.4 is 10.1 Å². The fourth-order valence-corrected chi connectivity index (χ4v) is 3.69. The molecule has 0 fully saturated rings. The highest BCUT2D eigenvalue weighted by molar-refractivity contribution is 7.16. The topological polar surface area (TPSA) is 88.4 Å². The van der Waals surface area contributed by atoms with E-state index >= 15 is 0 Å². The van der Waals surface area contributed by atoms with Crippen LogP contribution in [-0.2, 0) is 16.1 Å². The number of carbonyl (C=O) groups is 2. The van der Waals surface area contributed by atoms with Crippen molar-refractivity contribution in [2.45, 2.75) is 13.5 Å². The standard InChI is InChI=1S/C24H19FN2O4S/c1-15-11-20(24(29)30-2)23(32-15)27-22(28)18(13-26)12-16-7-9-19(10-8-16)31-14-17-5-3-4-6-21(17)25/h3-12H,14H2,1-2H3,(H,27,28). The molecule has 1 aromatic heterocycles. The number of benzene rings is 2. The van der Waals surface area contributed by atoms with Crippen LogP contribution in [0.5, 0.6) is 5.75 Å². The molecule has 0 spiro atoms. The predicted octanol–water partition coefficient (Wildman–Crippen LogP) is 5.11. The van der Waals surface area contributed by atoms with Crippen molar-refractivity contribution in [3.63, 3.8) is 0 Å². The highest BCUT2D eigenvalue weighted by Gasteiger charge is 2.19. The number of hydrogen-bond acceptors (Lipinski definition) is 6. The van der Waals surface area contributed by atoms with Gasteiger partial charge in [-0.2, -0.15) is 5.26 Å². The van der Waals surface area contributed by atoms with Gasteiger partial charge < -0.3 is 14.8 Å². The lowest BCUT2D eigenvalue weighted by atomic mass is 10.1. The number of anilines is 1. The summed E-state index contributed by atoms with van der Waals surface area (Å²) in [6.07, 6.45) is 1.42. The number of thiophene rings is 1. The van der Waals surface area contributed by atoms with Gasteiger partial charge in [0, 0.05) is 10.4 Å². The van der Waals surface area contributed by atoms with Crippen LogP contribution >= 0.6 is 11.3 Å². The fraction of sp³-hybridized carbons (Fsp3) is 0.125. The summed E-state index contributed by atoms with van der Waals surface area (Å²) in [6, 6.07) is 16.5. The number of nitrogens with one attached hydrogen (secondary N) is 1. The van der Waals surface area contributed by atoms with E-state index in [2.05, 4.69) is 5.32 Å². The molecule has 0 saturated carbocycles. The molecule has 2 aromatic carbocycles. The molecule has 0 aliphatic rings. The number of aryl methyl sites for hydroxylation is 1. The number of ether oxygens (including phenoxy) is 2. The normalized spacial score (nSPS) is 10.9. The molecule has 3 aromatic rings. The third-order valence-electron chi connectivity index (χ3n) is 4.40. The van der Waals surface area contributed by atoms with Crippen LogP contribution in [0.15, 0.2) is 60.2 Å². The summed E-state index contributed by atoms with van der Waals surface area (Å²) in [7, 11) is 1.26. The Labute approximate surface area is 188 Å². The summed E-state index contributed by atoms with van der Waals surface area (Å²) in [5, 5.41) is 12.3. The summed E-state index contributed by atoms with van der Waals surface area (Å²) in [6.45, 7) is 1.88. The van der Waals surface area contributed by atoms with Crippen molar-refractivity contribution in [3.05, 3.63) is 87.6 Å². The summed E-state index contributed by atoms with van der Waals surface area (Å²) >= 11 is 1.21. The second-order valence-electron chi connectivity index (χ2n) is 6.66. The first-order valence-corrected chi connectivity index (χ1v) is 10.3. The monoisotopic (exact) mass is 450 g/mol. The molecule has 3 rings (SSSR count). The maximum atomic E-state index is 13.7. The molecule has 0 bridgehead atoms. The molecule has 0 aliphatic heterocycles. The molecule has 1 amide bonds. The molecule has 1 N–H and O–H groups in total. The lowest BCUT2D eigenvalue weighted by Crippen LogP contribution is -2.15. The van der Waals surface area contributed by atoms with Gasteiger partial charge >= 0.3 is 5.97 Å². The molecule has 0 unspecified atom stereocenters. The average Bonchev–Trinajstić information content (AvgIpc) is 3.16. The second kappa shape index (κ2) is 10.4. The predicted molar refractivity (Wildman–Crippen MR) is 120 cm³/mol. The zero-order valence-electron chi connectivity index (χ0n) is 17.3. The first kappa shape index (κ1) is 22.7. The number of halogens is 1. The summed E-state index contributed by atoms with van der Waals surface area (Å²) in [5.41, 5.74) is 1.14. The minimum atomic E-state index is -0.639. The average molecular weight is 450 g/mol. The van der Waals surface area contributed by atoms with Gasteiger partial charge in [-0.3, -0.25) is 4.79 Å². The number of carbonyl (C=O) groups excluding carboxylic acids is 2. The molecule has 6 nitrogen and oxygen atoms in total. The van der Waals surface area contributed by atoms with Crippen molar-refractivity contribution in [2.75, 3.05) is 12.4 Å². The van der Waals surface area contributed by atoms with Crippen LogP contribution in [0.1, 0.15) is 26.4 Å². The molecular formula is C24H19FN2O4S. The van der Waals surface area contributed by atoms with Crippen LogP contribution in [0.25, 0.3) is 6.08 Å². The first-order chi connectivity index (χ1) is 15.4. The molecule has 0 saturated heterocycles. The summed E-state index contributed by atoms with van der Waals surface area (Å²) < 4.78 is 24.0. The zero-order chi connectivity index (χ0) is 23.1. The lowest BCUT2D eigenvalue weighted by molar-refractivity contribution is -0.112. The molecule has 8 heteroatoms. The molecule has 0 aliphatic carbocycles. The van der Waals surface area contributed by atoms with Gasteiger partial charge in [0.15, 0.2) is 0 Å². The van der Waals surface area contributed by atoms with Crippen LogP contribution in [0.2, 0.25) is 0 Å². The van der Waals surface area contributed by atoms with E-state index in [1.165, 1.54) is 30.6 Å². The Balaban J connectivity index is 1.70. The van der Waals surface area contributed by atoms with E-state index in [4.69, 9.17) is 9.47 Å². The molecule has 0 atom stereocenters. The van der Waals surface area contributed by atoms with Gasteiger partial charge in [-0.15, -0.1) is 11.3 Å². The van der Waals surface area contributed by atoms with Gasteiger partial charge in [-0.05, 0) is 42.8 Å². The van der Waals surface area contributed by atoms with Crippen molar-refractivity contribution in [2.24, 2.45) is 0 Å². The third kappa shape index (κ3) is 5.59. The molecule has 0 radical (unpaired) electrons. The highest BCUT2D eigenvalue weighted by atomic mass is 32.1. The molecule has 32 heavy (non-hydrogen) atoms. The Hall–Kier alpha value is -3.96. The Bertz CT molecular complexity index is 1210. The largest absolute Gasteiger partial charge is 0.489 e. The Morgan fingerprint density at radius 3 is 2.56 bits per heavy atom. The van der Waals surface area contributed by atoms with Gasteiger partial charge in [-0.25, -0.2) is 9.18 Å². The zero-order valence-corrected chi connectivity index (χ0v) is 18.2. The minimum Gasteiger partial charge on any atom is -0.489 e. The van der Waals surface area contributed by atoms with Crippen LogP contribution in [0.3, 0.4) is 0 Å². The van der Waals surface area contributed by atoms with Crippen LogP contribution in [0.4, 0.5) is 9.39 Å². The van der Waals surface area contributed by atoms with Crippen molar-refractivity contribution >= 4 is 34.3 Å². The Kier molecular flexibility index (Phi) is 7.37. The maximum Gasteiger partial charge on any atom is 0.340 e. The van der Waals surface area contributed by atoms with E-state index in [1.54, 1.807) is 55.5 Å². The van der Waals surface area contributed by atoms with Crippen molar-refractivity contribution in [3.8, 4) is 11.8 Å². The van der Waals surface area contributed by atoms with E-state index < -0.39 is 11.9 Å². The fourth-order valence-electron chi connectivity index (χ4n) is 2.79. The minimum absolute atomic E-state index is 0.0798. The number of rotatable bonds is 7. The van der Waals surface area contributed by atoms with Crippen LogP contribution in [0, 0.1) is 24.1 Å². The number of esters is 1. The van der Waals surface area contributed by atoms with Gasteiger partial charge in [0.05, 0.1) is 12.7 Å². The van der Waals surface area contributed by atoms with Gasteiger partial charge in [0.25, 0.3) is 5.91 Å². The van der Waals surface area contributed by atoms with E-state index in [1.807, 2.05) is 6.07 Å². The van der Waals surface area contributed by atoms with E-state index in [0.29, 0.717) is 21.9 Å². The van der Waals surface area contributed by atoms with Crippen molar-refractivity contribution < 1.29 is 23.5 Å². The van der Waals surface area contributed by atoms with Crippen LogP contribution in [-0.4, -0.2) is 19.0 Å². The summed E-state index contributed by atoms with van der Waals surface area (Å²) in [5.74, 6) is -1.03. The number of amides is 1. The molecular weight excluding hydrogens is 431 g/mol. The SMILES string of the molecule is COC(=O)c1cc(C)sc1NC(=O)C(C#N)=Cc1ccc(OCc2ccccc2F)cc1. The van der Waals surface area contributed by atoms with E-state index in [-0.39, 0.29) is 23.6 Å². The molecule has 1 heterocycles. The smallest absolute Gasteiger partial charge is 0.340 e. The van der Waals surface area contributed by atoms with E-state index in [9.17, 15) is 19.2 Å². The van der Waals surface area contributed by atoms with Gasteiger partial charge in [0.1, 0.15) is 34.8 Å². The number of nitriles is 1. The van der Waals surface area contributed by atoms with Gasteiger partial charge in [0.2, 0.25) is 0 Å².